The van der Waals surface area contributed by atoms with Crippen LogP contribution in [0.25, 0.3) is 17.0 Å². The Morgan fingerprint density at radius 3 is 2.68 bits per heavy atom. The fourth-order valence-corrected chi connectivity index (χ4v) is 3.89. The van der Waals surface area contributed by atoms with E-state index < -0.39 is 0 Å². The van der Waals surface area contributed by atoms with Gasteiger partial charge in [-0.3, -0.25) is 19.6 Å². The predicted molar refractivity (Wildman–Crippen MR) is 131 cm³/mol. The van der Waals surface area contributed by atoms with Gasteiger partial charge in [0.2, 0.25) is 11.8 Å². The molecule has 0 atom stereocenters. The van der Waals surface area contributed by atoms with Crippen molar-refractivity contribution in [2.45, 2.75) is 6.92 Å². The minimum Gasteiger partial charge on any atom is -0.493 e. The molecule has 1 saturated heterocycles. The topological polar surface area (TPSA) is 99.8 Å². The molecule has 0 unspecified atom stereocenters. The van der Waals surface area contributed by atoms with Crippen molar-refractivity contribution in [2.75, 3.05) is 51.8 Å². The number of ether oxygens (including phenoxy) is 2. The third kappa shape index (κ3) is 5.74. The van der Waals surface area contributed by atoms with Gasteiger partial charge in [0.25, 0.3) is 0 Å². The Morgan fingerprint density at radius 2 is 1.91 bits per heavy atom. The van der Waals surface area contributed by atoms with Crippen LogP contribution in [-0.2, 0) is 9.59 Å². The van der Waals surface area contributed by atoms with E-state index in [0.29, 0.717) is 29.5 Å². The first-order chi connectivity index (χ1) is 16.5. The van der Waals surface area contributed by atoms with E-state index in [9.17, 15) is 9.59 Å². The van der Waals surface area contributed by atoms with Crippen LogP contribution in [0.1, 0.15) is 12.6 Å². The Balaban J connectivity index is 1.29. The average molecular weight is 464 g/mol. The van der Waals surface area contributed by atoms with Gasteiger partial charge in [0, 0.05) is 62.9 Å². The van der Waals surface area contributed by atoms with Crippen LogP contribution in [0.5, 0.6) is 11.5 Å². The lowest BCUT2D eigenvalue weighted by atomic mass is 10.2. The average Bonchev–Trinajstić information content (AvgIpc) is 3.27. The summed E-state index contributed by atoms with van der Waals surface area (Å²) in [6.45, 7) is 6.05. The molecule has 4 rings (SSSR count). The molecule has 34 heavy (non-hydrogen) atoms. The second-order valence-electron chi connectivity index (χ2n) is 8.04. The van der Waals surface area contributed by atoms with E-state index >= 15 is 0 Å². The molecule has 1 aliphatic rings. The Hall–Kier alpha value is -3.85. The number of benzene rings is 2. The van der Waals surface area contributed by atoms with Gasteiger partial charge in [0.1, 0.15) is 6.61 Å². The molecule has 0 radical (unpaired) electrons. The van der Waals surface area contributed by atoms with Gasteiger partial charge >= 0.3 is 0 Å². The van der Waals surface area contributed by atoms with Gasteiger partial charge in [-0.15, -0.1) is 0 Å². The van der Waals surface area contributed by atoms with Crippen molar-refractivity contribution in [3.05, 3.63) is 54.2 Å². The van der Waals surface area contributed by atoms with E-state index in [1.807, 2.05) is 29.2 Å². The molecular weight excluding hydrogens is 434 g/mol. The molecule has 2 N–H and O–H groups in total. The molecule has 2 amide bonds. The second kappa shape index (κ2) is 10.8. The third-order valence-electron chi connectivity index (χ3n) is 5.81. The van der Waals surface area contributed by atoms with Crippen molar-refractivity contribution < 1.29 is 19.1 Å². The van der Waals surface area contributed by atoms with Crippen LogP contribution in [-0.4, -0.2) is 78.3 Å². The highest BCUT2D eigenvalue weighted by molar-refractivity contribution is 6.03. The Labute approximate surface area is 198 Å². The van der Waals surface area contributed by atoms with Gasteiger partial charge in [-0.2, -0.15) is 5.10 Å². The number of piperazine rings is 1. The highest BCUT2D eigenvalue weighted by Gasteiger charge is 2.18. The van der Waals surface area contributed by atoms with Crippen LogP contribution in [0.4, 0.5) is 5.69 Å². The summed E-state index contributed by atoms with van der Waals surface area (Å²) in [5.74, 6) is 1.01. The number of hydrogen-bond acceptors (Lipinski definition) is 6. The number of anilines is 1. The lowest BCUT2D eigenvalue weighted by molar-refractivity contribution is -0.130. The fraction of sp³-hybridized carbons (Fsp3) is 0.320. The zero-order valence-corrected chi connectivity index (χ0v) is 19.4. The van der Waals surface area contributed by atoms with Gasteiger partial charge in [-0.05, 0) is 24.3 Å². The summed E-state index contributed by atoms with van der Waals surface area (Å²) in [6, 6.07) is 13.0. The van der Waals surface area contributed by atoms with Crippen molar-refractivity contribution in [3.8, 4) is 11.5 Å². The van der Waals surface area contributed by atoms with E-state index in [2.05, 4.69) is 20.4 Å². The minimum absolute atomic E-state index is 0.123. The van der Waals surface area contributed by atoms with Crippen LogP contribution in [0.2, 0.25) is 0 Å². The van der Waals surface area contributed by atoms with E-state index in [4.69, 9.17) is 9.47 Å². The Kier molecular flexibility index (Phi) is 7.44. The number of carbonyl (C=O) groups is 2. The first kappa shape index (κ1) is 23.3. The molecule has 1 aliphatic heterocycles. The first-order valence-electron chi connectivity index (χ1n) is 11.2. The molecule has 9 nitrogen and oxygen atoms in total. The van der Waals surface area contributed by atoms with Crippen LogP contribution in [0, 0.1) is 0 Å². The third-order valence-corrected chi connectivity index (χ3v) is 5.81. The minimum atomic E-state index is -0.271. The van der Waals surface area contributed by atoms with Gasteiger partial charge in [0.05, 0.1) is 18.3 Å². The molecule has 0 spiro atoms. The summed E-state index contributed by atoms with van der Waals surface area (Å²) >= 11 is 0. The smallest absolute Gasteiger partial charge is 0.248 e. The first-order valence-corrected chi connectivity index (χ1v) is 11.2. The number of amides is 2. The van der Waals surface area contributed by atoms with Crippen LogP contribution in [0.3, 0.4) is 0 Å². The van der Waals surface area contributed by atoms with Crippen LogP contribution < -0.4 is 14.8 Å². The quantitative estimate of drug-likeness (QED) is 0.499. The van der Waals surface area contributed by atoms with E-state index in [1.54, 1.807) is 38.3 Å². The Morgan fingerprint density at radius 1 is 1.12 bits per heavy atom. The SMILES string of the molecule is COc1cc(NC(=O)/C=C/c2n[nH]c3ccccc23)ccc1OCCN1CCN(C(C)=O)CC1. The zero-order valence-electron chi connectivity index (χ0n) is 19.4. The van der Waals surface area contributed by atoms with Crippen molar-refractivity contribution in [2.24, 2.45) is 0 Å². The van der Waals surface area contributed by atoms with Gasteiger partial charge < -0.3 is 19.7 Å². The molecule has 3 aromatic rings. The number of aromatic amines is 1. The maximum Gasteiger partial charge on any atom is 0.248 e. The molecule has 0 saturated carbocycles. The van der Waals surface area contributed by atoms with Crippen molar-refractivity contribution in [1.82, 2.24) is 20.0 Å². The highest BCUT2D eigenvalue weighted by Crippen LogP contribution is 2.30. The van der Waals surface area contributed by atoms with E-state index in [1.165, 1.54) is 6.08 Å². The van der Waals surface area contributed by atoms with Gasteiger partial charge in [0.15, 0.2) is 11.5 Å². The summed E-state index contributed by atoms with van der Waals surface area (Å²) in [7, 11) is 1.57. The summed E-state index contributed by atoms with van der Waals surface area (Å²) in [6.07, 6.45) is 3.13. The molecule has 2 heterocycles. The fourth-order valence-electron chi connectivity index (χ4n) is 3.89. The second-order valence-corrected chi connectivity index (χ2v) is 8.04. The number of nitrogens with one attached hydrogen (secondary N) is 2. The maximum absolute atomic E-state index is 12.4. The number of methoxy groups -OCH3 is 1. The standard InChI is InChI=1S/C25H29N5O4/c1-18(31)30-13-11-29(12-14-30)15-16-34-23-9-7-19(17-24(23)33-2)26-25(32)10-8-22-20-5-3-4-6-21(20)27-28-22/h3-10,17H,11-16H2,1-2H3,(H,26,32)(H,27,28)/b10-8+. The largest absolute Gasteiger partial charge is 0.493 e. The number of para-hydroxylation sites is 1. The normalized spacial score (nSPS) is 14.5. The zero-order chi connectivity index (χ0) is 23.9. The summed E-state index contributed by atoms with van der Waals surface area (Å²) in [5, 5.41) is 11.0. The van der Waals surface area contributed by atoms with E-state index in [-0.39, 0.29) is 11.8 Å². The lowest BCUT2D eigenvalue weighted by Gasteiger charge is -2.34. The molecule has 1 fully saturated rings. The van der Waals surface area contributed by atoms with Crippen molar-refractivity contribution >= 4 is 34.5 Å². The van der Waals surface area contributed by atoms with Gasteiger partial charge in [-0.1, -0.05) is 18.2 Å². The Bertz CT molecular complexity index is 1180. The number of carbonyl (C=O) groups excluding carboxylic acids is 2. The van der Waals surface area contributed by atoms with Crippen molar-refractivity contribution in [3.63, 3.8) is 0 Å². The number of fused-ring (bicyclic) bond motifs is 1. The number of hydrogen-bond donors (Lipinski definition) is 2. The molecular formula is C25H29N5O4. The lowest BCUT2D eigenvalue weighted by Crippen LogP contribution is -2.48. The number of H-pyrrole nitrogens is 1. The molecule has 1 aromatic heterocycles. The molecule has 0 aliphatic carbocycles. The predicted octanol–water partition coefficient (Wildman–Crippen LogP) is 2.77. The van der Waals surface area contributed by atoms with Gasteiger partial charge in [-0.25, -0.2) is 0 Å². The monoisotopic (exact) mass is 463 g/mol. The molecule has 2 aromatic carbocycles. The highest BCUT2D eigenvalue weighted by atomic mass is 16.5. The summed E-state index contributed by atoms with van der Waals surface area (Å²) in [5.41, 5.74) is 2.22. The summed E-state index contributed by atoms with van der Waals surface area (Å²) < 4.78 is 11.4. The van der Waals surface area contributed by atoms with E-state index in [0.717, 1.165) is 43.6 Å². The number of rotatable bonds is 8. The number of aromatic nitrogens is 2. The van der Waals surface area contributed by atoms with Crippen LogP contribution >= 0.6 is 0 Å². The van der Waals surface area contributed by atoms with Crippen molar-refractivity contribution in [1.29, 1.82) is 0 Å². The number of nitrogens with zero attached hydrogens (tertiary/aromatic N) is 3. The van der Waals surface area contributed by atoms with Crippen LogP contribution in [0.15, 0.2) is 48.5 Å². The summed E-state index contributed by atoms with van der Waals surface area (Å²) in [4.78, 5) is 28.0. The maximum atomic E-state index is 12.4. The molecule has 9 heteroatoms. The molecule has 0 bridgehead atoms. The molecule has 178 valence electrons.